The Morgan fingerprint density at radius 3 is 2.59 bits per heavy atom. The number of hydrogen-bond donors (Lipinski definition) is 3. The molecule has 0 unspecified atom stereocenters. The molecule has 0 spiro atoms. The number of carbonyl (C=O) groups is 2. The number of nitrogens with two attached hydrogens (primary N) is 1. The van der Waals surface area contributed by atoms with Crippen molar-refractivity contribution in [3.63, 3.8) is 0 Å². The van der Waals surface area contributed by atoms with Crippen LogP contribution in [0.2, 0.25) is 0 Å². The Morgan fingerprint density at radius 1 is 1.27 bits per heavy atom. The molecule has 4 N–H and O–H groups in total. The highest BCUT2D eigenvalue weighted by atomic mass is 16.5. The standard InChI is InChI=1S/C15H23N3O4/c1-4-17-14(19)9-22-12-6-5-11(7-13(12)21-3)8-18-15(20)10(2)16/h5-7,10H,4,8-9,16H2,1-3H3,(H,17,19)(H,18,20)/t10-/m0/s1. The minimum absolute atomic E-state index is 0.0784. The van der Waals surface area contributed by atoms with Crippen molar-refractivity contribution in [3.8, 4) is 11.5 Å². The van der Waals surface area contributed by atoms with Gasteiger partial charge in [0.1, 0.15) is 0 Å². The van der Waals surface area contributed by atoms with E-state index in [9.17, 15) is 9.59 Å². The minimum Gasteiger partial charge on any atom is -0.493 e. The lowest BCUT2D eigenvalue weighted by atomic mass is 10.2. The molecule has 0 aliphatic carbocycles. The molecule has 0 fully saturated rings. The van der Waals surface area contributed by atoms with E-state index in [-0.39, 0.29) is 18.4 Å². The largest absolute Gasteiger partial charge is 0.493 e. The minimum atomic E-state index is -0.554. The first-order valence-corrected chi connectivity index (χ1v) is 7.07. The molecule has 1 aromatic carbocycles. The molecule has 0 saturated carbocycles. The van der Waals surface area contributed by atoms with Crippen LogP contribution in [0, 0.1) is 0 Å². The molecule has 0 radical (unpaired) electrons. The Bertz CT molecular complexity index is 518. The van der Waals surface area contributed by atoms with Crippen LogP contribution in [0.25, 0.3) is 0 Å². The van der Waals surface area contributed by atoms with E-state index in [1.165, 1.54) is 7.11 Å². The average Bonchev–Trinajstić information content (AvgIpc) is 2.50. The Morgan fingerprint density at radius 2 is 2.00 bits per heavy atom. The summed E-state index contributed by atoms with van der Waals surface area (Å²) in [6.45, 7) is 4.27. The summed E-state index contributed by atoms with van der Waals surface area (Å²) in [4.78, 5) is 22.8. The van der Waals surface area contributed by atoms with Gasteiger partial charge < -0.3 is 25.8 Å². The highest BCUT2D eigenvalue weighted by molar-refractivity contribution is 5.81. The zero-order valence-corrected chi connectivity index (χ0v) is 13.1. The van der Waals surface area contributed by atoms with Crippen LogP contribution in [-0.4, -0.2) is 38.1 Å². The second-order valence-electron chi connectivity index (χ2n) is 4.73. The van der Waals surface area contributed by atoms with E-state index in [0.717, 1.165) is 5.56 Å². The van der Waals surface area contributed by atoms with Crippen LogP contribution in [0.5, 0.6) is 11.5 Å². The Kier molecular flexibility index (Phi) is 7.18. The smallest absolute Gasteiger partial charge is 0.257 e. The number of ether oxygens (including phenoxy) is 2. The van der Waals surface area contributed by atoms with E-state index in [1.807, 2.05) is 6.92 Å². The molecule has 1 atom stereocenters. The SMILES string of the molecule is CCNC(=O)COc1ccc(CNC(=O)[C@H](C)N)cc1OC. The van der Waals surface area contributed by atoms with Gasteiger partial charge in [0, 0.05) is 13.1 Å². The molecular formula is C15H23N3O4. The quantitative estimate of drug-likeness (QED) is 0.635. The summed E-state index contributed by atoms with van der Waals surface area (Å²) in [5.74, 6) is 0.543. The van der Waals surface area contributed by atoms with Crippen LogP contribution in [0.4, 0.5) is 0 Å². The topological polar surface area (TPSA) is 103 Å². The van der Waals surface area contributed by atoms with Crippen LogP contribution >= 0.6 is 0 Å². The monoisotopic (exact) mass is 309 g/mol. The summed E-state index contributed by atoms with van der Waals surface area (Å²) < 4.78 is 10.7. The summed E-state index contributed by atoms with van der Waals surface area (Å²) in [5.41, 5.74) is 6.32. The molecule has 0 bridgehead atoms. The summed E-state index contributed by atoms with van der Waals surface area (Å²) in [6, 6.07) is 4.68. The van der Waals surface area contributed by atoms with Crippen molar-refractivity contribution >= 4 is 11.8 Å². The van der Waals surface area contributed by atoms with Gasteiger partial charge in [-0.25, -0.2) is 0 Å². The number of nitrogens with one attached hydrogen (secondary N) is 2. The molecule has 1 aromatic rings. The number of rotatable bonds is 8. The zero-order chi connectivity index (χ0) is 16.5. The predicted octanol–water partition coefficient (Wildman–Crippen LogP) is 0.174. The summed E-state index contributed by atoms with van der Waals surface area (Å²) in [7, 11) is 1.51. The Balaban J connectivity index is 2.66. The van der Waals surface area contributed by atoms with Gasteiger partial charge >= 0.3 is 0 Å². The highest BCUT2D eigenvalue weighted by Crippen LogP contribution is 2.27. The first kappa shape index (κ1) is 17.8. The molecule has 0 aromatic heterocycles. The summed E-state index contributed by atoms with van der Waals surface area (Å²) in [6.07, 6.45) is 0. The molecule has 2 amide bonds. The summed E-state index contributed by atoms with van der Waals surface area (Å²) >= 11 is 0. The van der Waals surface area contributed by atoms with Crippen LogP contribution in [-0.2, 0) is 16.1 Å². The van der Waals surface area contributed by atoms with Crippen molar-refractivity contribution in [2.24, 2.45) is 5.73 Å². The third kappa shape index (κ3) is 5.61. The van der Waals surface area contributed by atoms with Crippen LogP contribution in [0.1, 0.15) is 19.4 Å². The molecule has 0 aliphatic heterocycles. The van der Waals surface area contributed by atoms with Gasteiger partial charge in [0.2, 0.25) is 5.91 Å². The Hall–Kier alpha value is -2.28. The van der Waals surface area contributed by atoms with Crippen molar-refractivity contribution in [3.05, 3.63) is 23.8 Å². The zero-order valence-electron chi connectivity index (χ0n) is 13.1. The van der Waals surface area contributed by atoms with Crippen LogP contribution < -0.4 is 25.8 Å². The van der Waals surface area contributed by atoms with Gasteiger partial charge in [0.15, 0.2) is 18.1 Å². The van der Waals surface area contributed by atoms with E-state index in [4.69, 9.17) is 15.2 Å². The molecule has 7 nitrogen and oxygen atoms in total. The number of amides is 2. The van der Waals surface area contributed by atoms with Gasteiger partial charge in [0.25, 0.3) is 5.91 Å². The fourth-order valence-electron chi connectivity index (χ4n) is 1.68. The normalized spacial score (nSPS) is 11.5. The first-order valence-electron chi connectivity index (χ1n) is 7.07. The molecule has 122 valence electrons. The van der Waals surface area contributed by atoms with Gasteiger partial charge in [-0.1, -0.05) is 6.07 Å². The van der Waals surface area contributed by atoms with E-state index in [1.54, 1.807) is 25.1 Å². The third-order valence-corrected chi connectivity index (χ3v) is 2.84. The fraction of sp³-hybridized carbons (Fsp3) is 0.467. The third-order valence-electron chi connectivity index (χ3n) is 2.84. The predicted molar refractivity (Wildman–Crippen MR) is 82.7 cm³/mol. The number of hydrogen-bond acceptors (Lipinski definition) is 5. The van der Waals surface area contributed by atoms with E-state index < -0.39 is 6.04 Å². The van der Waals surface area contributed by atoms with Crippen molar-refractivity contribution < 1.29 is 19.1 Å². The Labute approximate surface area is 130 Å². The first-order chi connectivity index (χ1) is 10.5. The maximum Gasteiger partial charge on any atom is 0.257 e. The number of methoxy groups -OCH3 is 1. The molecule has 7 heteroatoms. The molecule has 0 heterocycles. The van der Waals surface area contributed by atoms with E-state index >= 15 is 0 Å². The maximum absolute atomic E-state index is 11.4. The second-order valence-corrected chi connectivity index (χ2v) is 4.73. The fourth-order valence-corrected chi connectivity index (χ4v) is 1.68. The van der Waals surface area contributed by atoms with Gasteiger partial charge in [0.05, 0.1) is 13.2 Å². The van der Waals surface area contributed by atoms with Gasteiger partial charge in [-0.05, 0) is 31.5 Å². The maximum atomic E-state index is 11.4. The number of likely N-dealkylation sites (N-methyl/N-ethyl adjacent to an activating group) is 1. The molecule has 1 rings (SSSR count). The summed E-state index contributed by atoms with van der Waals surface area (Å²) in [5, 5.41) is 5.36. The average molecular weight is 309 g/mol. The van der Waals surface area contributed by atoms with Crippen LogP contribution in [0.3, 0.4) is 0 Å². The molecule has 0 aliphatic rings. The molecular weight excluding hydrogens is 286 g/mol. The number of carbonyl (C=O) groups excluding carboxylic acids is 2. The second kappa shape index (κ2) is 8.89. The lowest BCUT2D eigenvalue weighted by Gasteiger charge is -2.13. The van der Waals surface area contributed by atoms with E-state index in [2.05, 4.69) is 10.6 Å². The van der Waals surface area contributed by atoms with Crippen molar-refractivity contribution in [2.75, 3.05) is 20.3 Å². The van der Waals surface area contributed by atoms with Crippen molar-refractivity contribution in [1.82, 2.24) is 10.6 Å². The van der Waals surface area contributed by atoms with Crippen LogP contribution in [0.15, 0.2) is 18.2 Å². The lowest BCUT2D eigenvalue weighted by molar-refractivity contribution is -0.123. The van der Waals surface area contributed by atoms with Gasteiger partial charge in [-0.3, -0.25) is 9.59 Å². The molecule has 22 heavy (non-hydrogen) atoms. The van der Waals surface area contributed by atoms with Crippen molar-refractivity contribution in [1.29, 1.82) is 0 Å². The van der Waals surface area contributed by atoms with Gasteiger partial charge in [-0.15, -0.1) is 0 Å². The van der Waals surface area contributed by atoms with E-state index in [0.29, 0.717) is 24.6 Å². The van der Waals surface area contributed by atoms with Crippen molar-refractivity contribution in [2.45, 2.75) is 26.4 Å². The van der Waals surface area contributed by atoms with Gasteiger partial charge in [-0.2, -0.15) is 0 Å². The lowest BCUT2D eigenvalue weighted by Crippen LogP contribution is -2.37. The molecule has 0 saturated heterocycles. The number of benzene rings is 1. The highest BCUT2D eigenvalue weighted by Gasteiger charge is 2.10.